The molecule has 0 saturated heterocycles. The normalized spacial score (nSPS) is 12.5. The van der Waals surface area contributed by atoms with Crippen molar-refractivity contribution in [2.75, 3.05) is 5.32 Å². The lowest BCUT2D eigenvalue weighted by Crippen LogP contribution is -2.08. The molecule has 114 valence electrons. The minimum atomic E-state index is 0.108. The second kappa shape index (κ2) is 6.44. The first-order valence-corrected chi connectivity index (χ1v) is 7.54. The van der Waals surface area contributed by atoms with E-state index in [9.17, 15) is 0 Å². The predicted octanol–water partition coefficient (Wildman–Crippen LogP) is 5.51. The van der Waals surface area contributed by atoms with Gasteiger partial charge in [0.25, 0.3) is 0 Å². The molecule has 1 N–H and O–H groups in total. The van der Waals surface area contributed by atoms with Crippen LogP contribution in [0.15, 0.2) is 28.7 Å². The number of aryl methyl sites for hydroxylation is 2. The van der Waals surface area contributed by atoms with Crippen LogP contribution in [0, 0.1) is 13.8 Å². The highest BCUT2D eigenvalue weighted by atomic mass is 35.5. The molecule has 1 atom stereocenters. The first kappa shape index (κ1) is 15.8. The summed E-state index contributed by atoms with van der Waals surface area (Å²) in [7, 11) is 0. The Kier molecular flexibility index (Phi) is 4.84. The van der Waals surface area contributed by atoms with Crippen LogP contribution in [-0.4, -0.2) is 6.10 Å². The lowest BCUT2D eigenvalue weighted by Gasteiger charge is -2.17. The quantitative estimate of drug-likeness (QED) is 0.791. The van der Waals surface area contributed by atoms with Crippen molar-refractivity contribution < 1.29 is 9.15 Å². The third-order valence-electron chi connectivity index (χ3n) is 3.22. The van der Waals surface area contributed by atoms with Crippen molar-refractivity contribution in [3.63, 3.8) is 0 Å². The Morgan fingerprint density at radius 2 is 1.86 bits per heavy atom. The highest BCUT2D eigenvalue weighted by Crippen LogP contribution is 2.31. The largest absolute Gasteiger partial charge is 0.489 e. The van der Waals surface area contributed by atoms with Gasteiger partial charge < -0.3 is 14.5 Å². The topological polar surface area (TPSA) is 34.4 Å². The van der Waals surface area contributed by atoms with Gasteiger partial charge in [-0.3, -0.25) is 0 Å². The van der Waals surface area contributed by atoms with Crippen LogP contribution in [-0.2, 0) is 0 Å². The zero-order chi connectivity index (χ0) is 15.6. The van der Waals surface area contributed by atoms with E-state index in [0.29, 0.717) is 10.8 Å². The van der Waals surface area contributed by atoms with Crippen LogP contribution in [0.3, 0.4) is 0 Å². The summed E-state index contributed by atoms with van der Waals surface area (Å²) in [5.74, 6) is 2.58. The van der Waals surface area contributed by atoms with Gasteiger partial charge in [0.1, 0.15) is 17.3 Å². The van der Waals surface area contributed by atoms with Gasteiger partial charge in [-0.15, -0.1) is 0 Å². The molecular weight excluding hydrogens is 286 g/mol. The van der Waals surface area contributed by atoms with Crippen molar-refractivity contribution in [3.05, 3.63) is 46.4 Å². The number of benzene rings is 1. The molecule has 1 aromatic carbocycles. The molecule has 0 bridgehead atoms. The van der Waals surface area contributed by atoms with Gasteiger partial charge in [-0.1, -0.05) is 11.6 Å². The minimum absolute atomic E-state index is 0.108. The molecule has 3 nitrogen and oxygen atoms in total. The number of hydrogen-bond donors (Lipinski definition) is 1. The lowest BCUT2D eigenvalue weighted by atomic mass is 10.1. The SMILES string of the molecule is Cc1cc(C(C)Nc2ccc(OC(C)C)c(Cl)c2)c(C)o1. The molecule has 4 heteroatoms. The fraction of sp³-hybridized carbons (Fsp3) is 0.412. The van der Waals surface area contributed by atoms with Gasteiger partial charge in [-0.2, -0.15) is 0 Å². The maximum atomic E-state index is 6.25. The van der Waals surface area contributed by atoms with Gasteiger partial charge in [0.05, 0.1) is 17.2 Å². The summed E-state index contributed by atoms with van der Waals surface area (Å²) in [6, 6.07) is 7.96. The number of anilines is 1. The molecule has 0 aliphatic rings. The first-order chi connectivity index (χ1) is 9.86. The van der Waals surface area contributed by atoms with Crippen molar-refractivity contribution in [2.45, 2.75) is 46.8 Å². The average Bonchev–Trinajstić information content (AvgIpc) is 2.71. The summed E-state index contributed by atoms with van der Waals surface area (Å²) in [4.78, 5) is 0. The molecule has 0 amide bonds. The fourth-order valence-corrected chi connectivity index (χ4v) is 2.57. The van der Waals surface area contributed by atoms with Gasteiger partial charge >= 0.3 is 0 Å². The highest BCUT2D eigenvalue weighted by Gasteiger charge is 2.13. The molecule has 2 aromatic rings. The van der Waals surface area contributed by atoms with E-state index in [2.05, 4.69) is 18.3 Å². The summed E-state index contributed by atoms with van der Waals surface area (Å²) < 4.78 is 11.2. The van der Waals surface area contributed by atoms with Crippen LogP contribution >= 0.6 is 11.6 Å². The van der Waals surface area contributed by atoms with Crippen LogP contribution in [0.2, 0.25) is 5.02 Å². The summed E-state index contributed by atoms with van der Waals surface area (Å²) >= 11 is 6.25. The summed E-state index contributed by atoms with van der Waals surface area (Å²) in [5, 5.41) is 4.05. The van der Waals surface area contributed by atoms with Gasteiger partial charge in [-0.25, -0.2) is 0 Å². The Morgan fingerprint density at radius 1 is 1.14 bits per heavy atom. The molecule has 1 aromatic heterocycles. The summed E-state index contributed by atoms with van der Waals surface area (Å²) in [6.45, 7) is 10.00. The van der Waals surface area contributed by atoms with Crippen LogP contribution < -0.4 is 10.1 Å². The van der Waals surface area contributed by atoms with Crippen molar-refractivity contribution in [3.8, 4) is 5.75 Å². The van der Waals surface area contributed by atoms with Gasteiger partial charge in [-0.05, 0) is 58.9 Å². The van der Waals surface area contributed by atoms with Crippen LogP contribution in [0.25, 0.3) is 0 Å². The monoisotopic (exact) mass is 307 g/mol. The van der Waals surface area contributed by atoms with E-state index in [1.807, 2.05) is 45.9 Å². The van der Waals surface area contributed by atoms with E-state index in [1.165, 1.54) is 0 Å². The van der Waals surface area contributed by atoms with E-state index < -0.39 is 0 Å². The Labute approximate surface area is 131 Å². The maximum absolute atomic E-state index is 6.25. The summed E-state index contributed by atoms with van der Waals surface area (Å²) in [5.41, 5.74) is 2.12. The second-order valence-corrected chi connectivity index (χ2v) is 5.95. The Balaban J connectivity index is 2.13. The molecule has 0 fully saturated rings. The molecule has 0 radical (unpaired) electrons. The fourth-order valence-electron chi connectivity index (χ4n) is 2.35. The molecule has 0 aliphatic carbocycles. The third-order valence-corrected chi connectivity index (χ3v) is 3.52. The van der Waals surface area contributed by atoms with Gasteiger partial charge in [0.15, 0.2) is 0 Å². The molecule has 21 heavy (non-hydrogen) atoms. The molecule has 0 spiro atoms. The zero-order valence-corrected chi connectivity index (χ0v) is 13.9. The molecule has 2 rings (SSSR count). The smallest absolute Gasteiger partial charge is 0.138 e. The molecule has 1 heterocycles. The van der Waals surface area contributed by atoms with E-state index in [0.717, 1.165) is 22.8 Å². The van der Waals surface area contributed by atoms with Crippen molar-refractivity contribution in [1.29, 1.82) is 0 Å². The van der Waals surface area contributed by atoms with E-state index in [4.69, 9.17) is 20.8 Å². The lowest BCUT2D eigenvalue weighted by molar-refractivity contribution is 0.242. The average molecular weight is 308 g/mol. The summed E-state index contributed by atoms with van der Waals surface area (Å²) in [6.07, 6.45) is 0.108. The molecular formula is C17H22ClNO2. The third kappa shape index (κ3) is 3.94. The van der Waals surface area contributed by atoms with Gasteiger partial charge in [0, 0.05) is 11.3 Å². The van der Waals surface area contributed by atoms with E-state index in [1.54, 1.807) is 0 Å². The van der Waals surface area contributed by atoms with Crippen LogP contribution in [0.4, 0.5) is 5.69 Å². The predicted molar refractivity (Wildman–Crippen MR) is 87.4 cm³/mol. The standard InChI is InChI=1S/C17H22ClNO2/c1-10(2)20-17-7-6-14(9-16(17)18)19-12(4)15-8-11(3)21-13(15)5/h6-10,12,19H,1-5H3. The van der Waals surface area contributed by atoms with Crippen molar-refractivity contribution >= 4 is 17.3 Å². The van der Waals surface area contributed by atoms with Crippen molar-refractivity contribution in [1.82, 2.24) is 0 Å². The second-order valence-electron chi connectivity index (χ2n) is 5.55. The number of nitrogens with one attached hydrogen (secondary N) is 1. The molecule has 1 unspecified atom stereocenters. The zero-order valence-electron chi connectivity index (χ0n) is 13.2. The van der Waals surface area contributed by atoms with Crippen LogP contribution in [0.5, 0.6) is 5.75 Å². The van der Waals surface area contributed by atoms with Crippen LogP contribution in [0.1, 0.15) is 43.9 Å². The Morgan fingerprint density at radius 3 is 2.38 bits per heavy atom. The number of ether oxygens (including phenoxy) is 1. The maximum Gasteiger partial charge on any atom is 0.138 e. The Bertz CT molecular complexity index is 619. The van der Waals surface area contributed by atoms with E-state index in [-0.39, 0.29) is 12.1 Å². The number of halogens is 1. The number of furan rings is 1. The molecule has 0 saturated carbocycles. The van der Waals surface area contributed by atoms with Gasteiger partial charge in [0.2, 0.25) is 0 Å². The van der Waals surface area contributed by atoms with E-state index >= 15 is 0 Å². The number of hydrogen-bond acceptors (Lipinski definition) is 3. The minimum Gasteiger partial charge on any atom is -0.489 e. The first-order valence-electron chi connectivity index (χ1n) is 7.16. The van der Waals surface area contributed by atoms with Crippen molar-refractivity contribution in [2.24, 2.45) is 0 Å². The number of rotatable bonds is 5. The Hall–Kier alpha value is -1.61. The highest BCUT2D eigenvalue weighted by molar-refractivity contribution is 6.32. The molecule has 0 aliphatic heterocycles.